The monoisotopic (exact) mass is 675 g/mol. The van der Waals surface area contributed by atoms with Crippen LogP contribution >= 0.6 is 11.3 Å². The topological polar surface area (TPSA) is 169 Å². The van der Waals surface area contributed by atoms with Crippen LogP contribution in [0, 0.1) is 5.92 Å². The third-order valence-electron chi connectivity index (χ3n) is 9.08. The number of carbonyl (C=O) groups excluding carboxylic acids is 3. The lowest BCUT2D eigenvalue weighted by atomic mass is 10.0. The van der Waals surface area contributed by atoms with Gasteiger partial charge in [0.1, 0.15) is 23.2 Å². The number of benzene rings is 1. The number of nitrogens with zero attached hydrogens (tertiary/aromatic N) is 5. The Kier molecular flexibility index (Phi) is 9.37. The third-order valence-corrected chi connectivity index (χ3v) is 9.76. The number of carbonyl (C=O) groups is 4. The van der Waals surface area contributed by atoms with Crippen molar-refractivity contribution in [3.05, 3.63) is 53.2 Å². The highest BCUT2D eigenvalue weighted by Gasteiger charge is 2.61. The van der Waals surface area contributed by atoms with Crippen molar-refractivity contribution in [2.45, 2.75) is 95.0 Å². The van der Waals surface area contributed by atoms with Crippen molar-refractivity contribution in [3.63, 3.8) is 0 Å². The summed E-state index contributed by atoms with van der Waals surface area (Å²) in [5.41, 5.74) is 0.757. The summed E-state index contributed by atoms with van der Waals surface area (Å²) in [6, 6.07) is 7.38. The zero-order valence-corrected chi connectivity index (χ0v) is 28.1. The van der Waals surface area contributed by atoms with E-state index in [0.29, 0.717) is 18.7 Å². The van der Waals surface area contributed by atoms with Crippen LogP contribution in [0.1, 0.15) is 71.8 Å². The van der Waals surface area contributed by atoms with E-state index < -0.39 is 53.1 Å². The fourth-order valence-electron chi connectivity index (χ4n) is 6.43. The molecule has 2 aliphatic heterocycles. The average molecular weight is 676 g/mol. The molecule has 3 amide bonds. The number of tetrazole rings is 1. The number of fused-ring (bicyclic) bond motifs is 2. The van der Waals surface area contributed by atoms with Crippen LogP contribution in [0.5, 0.6) is 0 Å². The molecule has 1 aromatic carbocycles. The van der Waals surface area contributed by atoms with Gasteiger partial charge in [0, 0.05) is 24.4 Å². The number of rotatable bonds is 5. The molecule has 254 valence electrons. The van der Waals surface area contributed by atoms with Gasteiger partial charge in [-0.15, -0.1) is 10.2 Å². The highest BCUT2D eigenvalue weighted by Crippen LogP contribution is 2.45. The number of aliphatic carboxylic acids is 1. The quantitative estimate of drug-likeness (QED) is 0.328. The molecule has 4 heterocycles. The summed E-state index contributed by atoms with van der Waals surface area (Å²) in [5.74, 6) is -2.07. The van der Waals surface area contributed by atoms with E-state index in [0.717, 1.165) is 36.0 Å². The maximum Gasteiger partial charge on any atom is 0.408 e. The van der Waals surface area contributed by atoms with Gasteiger partial charge in [-0.3, -0.25) is 9.59 Å². The van der Waals surface area contributed by atoms with Crippen LogP contribution in [0.3, 0.4) is 0 Å². The van der Waals surface area contributed by atoms with Gasteiger partial charge >= 0.3 is 12.1 Å². The number of hydrogen-bond donors (Lipinski definition) is 3. The number of alkyl carbamates (subject to hydrolysis) is 1. The molecule has 1 saturated carbocycles. The number of allylic oxidation sites excluding steroid dienone is 1. The molecule has 3 aliphatic rings. The molecule has 48 heavy (non-hydrogen) atoms. The van der Waals surface area contributed by atoms with Crippen LogP contribution < -0.4 is 10.6 Å². The smallest absolute Gasteiger partial charge is 0.408 e. The van der Waals surface area contributed by atoms with Crippen molar-refractivity contribution in [1.29, 1.82) is 0 Å². The Bertz CT molecular complexity index is 1680. The Balaban J connectivity index is 1.27. The Morgan fingerprint density at radius 3 is 2.56 bits per heavy atom. The summed E-state index contributed by atoms with van der Waals surface area (Å²) in [4.78, 5) is 56.2. The van der Waals surface area contributed by atoms with E-state index in [2.05, 4.69) is 37.5 Å². The average Bonchev–Trinajstić information content (AvgIpc) is 3.53. The number of amides is 3. The number of aromatic nitrogens is 4. The summed E-state index contributed by atoms with van der Waals surface area (Å²) in [5, 5.41) is 32.9. The molecule has 0 bridgehead atoms. The van der Waals surface area contributed by atoms with Crippen LogP contribution in [0.25, 0.3) is 22.5 Å². The van der Waals surface area contributed by atoms with Gasteiger partial charge in [0.05, 0.1) is 6.04 Å². The minimum absolute atomic E-state index is 0.0692. The first kappa shape index (κ1) is 33.3. The van der Waals surface area contributed by atoms with Crippen LogP contribution in [0.15, 0.2) is 53.2 Å². The lowest BCUT2D eigenvalue weighted by Gasteiger charge is -2.30. The molecule has 1 aliphatic carbocycles. The molecular weight excluding hydrogens is 634 g/mol. The molecule has 3 N–H and O–H groups in total. The minimum Gasteiger partial charge on any atom is -0.479 e. The second-order valence-corrected chi connectivity index (χ2v) is 14.5. The Hall–Kier alpha value is -4.59. The first-order valence-corrected chi connectivity index (χ1v) is 17.3. The van der Waals surface area contributed by atoms with E-state index in [1.54, 1.807) is 32.1 Å². The predicted molar refractivity (Wildman–Crippen MR) is 178 cm³/mol. The normalized spacial score (nSPS) is 27.1. The largest absolute Gasteiger partial charge is 0.479 e. The number of thiophene rings is 1. The summed E-state index contributed by atoms with van der Waals surface area (Å²) < 4.78 is 5.46. The number of carboxylic acid groups (broad SMARTS) is 1. The fourth-order valence-corrected chi connectivity index (χ4v) is 7.10. The molecule has 4 unspecified atom stereocenters. The van der Waals surface area contributed by atoms with Crippen molar-refractivity contribution >= 4 is 35.2 Å². The second kappa shape index (κ2) is 13.5. The molecule has 5 atom stereocenters. The zero-order valence-electron chi connectivity index (χ0n) is 27.3. The lowest BCUT2D eigenvalue weighted by Crippen LogP contribution is -2.56. The van der Waals surface area contributed by atoms with Gasteiger partial charge < -0.3 is 25.4 Å². The van der Waals surface area contributed by atoms with Crippen molar-refractivity contribution in [3.8, 4) is 22.5 Å². The van der Waals surface area contributed by atoms with E-state index >= 15 is 0 Å². The highest BCUT2D eigenvalue weighted by atomic mass is 32.1. The van der Waals surface area contributed by atoms with Gasteiger partial charge in [-0.05, 0) is 79.6 Å². The molecule has 2 aromatic heterocycles. The molecule has 0 radical (unpaired) electrons. The van der Waals surface area contributed by atoms with E-state index in [1.807, 2.05) is 41.8 Å². The highest BCUT2D eigenvalue weighted by molar-refractivity contribution is 7.08. The van der Waals surface area contributed by atoms with E-state index in [4.69, 9.17) is 4.74 Å². The van der Waals surface area contributed by atoms with Crippen molar-refractivity contribution in [2.75, 3.05) is 6.54 Å². The molecule has 0 spiro atoms. The number of carboxylic acids is 1. The molecule has 3 aromatic rings. The minimum atomic E-state index is -1.43. The first-order chi connectivity index (χ1) is 22.9. The zero-order chi connectivity index (χ0) is 34.1. The van der Waals surface area contributed by atoms with E-state index in [1.165, 1.54) is 9.70 Å². The maximum atomic E-state index is 14.2. The number of nitrogens with one attached hydrogen (secondary N) is 2. The molecule has 2 fully saturated rings. The first-order valence-electron chi connectivity index (χ1n) is 16.4. The van der Waals surface area contributed by atoms with Gasteiger partial charge in [-0.2, -0.15) is 16.1 Å². The SMILES string of the molecule is CC(C)(C)OC(=O)NC1CCCCC/C=C\C2CC2(C(=O)O)NC(=O)C2C[C@@H](n3nnc(-c4ccc(-c5ccsc5)cc4)n3)CN2C1=O. The molecule has 14 heteroatoms. The van der Waals surface area contributed by atoms with E-state index in [-0.39, 0.29) is 25.3 Å². The van der Waals surface area contributed by atoms with Gasteiger partial charge in [-0.1, -0.05) is 49.3 Å². The van der Waals surface area contributed by atoms with Gasteiger partial charge in [0.2, 0.25) is 17.6 Å². The summed E-state index contributed by atoms with van der Waals surface area (Å²) >= 11 is 1.63. The van der Waals surface area contributed by atoms with Gasteiger partial charge in [0.15, 0.2) is 0 Å². The van der Waals surface area contributed by atoms with Crippen LogP contribution in [-0.2, 0) is 19.1 Å². The standard InChI is InChI=1S/C34H41N7O6S/c1-33(2,3)47-32(46)35-26-10-8-6-4-5-7-9-24-18-34(24,31(44)45)36-29(42)27-17-25(19-40(27)30(26)43)41-38-28(37-39-41)22-13-11-21(12-14-22)23-15-16-48-20-23/h7,9,11-16,20,24-27H,4-6,8,10,17-19H2,1-3H3,(H,35,46)(H,36,42)(H,44,45)/b9-7-/t24?,25-,26?,27?,34?/m1/s1. The summed E-state index contributed by atoms with van der Waals surface area (Å²) in [7, 11) is 0. The predicted octanol–water partition coefficient (Wildman–Crippen LogP) is 4.58. The van der Waals surface area contributed by atoms with Crippen molar-refractivity contribution in [2.24, 2.45) is 5.92 Å². The molecule has 1 saturated heterocycles. The van der Waals surface area contributed by atoms with Crippen molar-refractivity contribution < 1.29 is 29.0 Å². The summed E-state index contributed by atoms with van der Waals surface area (Å²) in [6.45, 7) is 5.29. The van der Waals surface area contributed by atoms with Crippen molar-refractivity contribution in [1.82, 2.24) is 35.7 Å². The Morgan fingerprint density at radius 1 is 1.08 bits per heavy atom. The molecular formula is C34H41N7O6S. The lowest BCUT2D eigenvalue weighted by molar-refractivity contribution is -0.145. The van der Waals surface area contributed by atoms with Gasteiger partial charge in [0.25, 0.3) is 0 Å². The molecule has 13 nitrogen and oxygen atoms in total. The van der Waals surface area contributed by atoms with Crippen LogP contribution in [-0.4, -0.2) is 83.9 Å². The van der Waals surface area contributed by atoms with Gasteiger partial charge in [-0.25, -0.2) is 9.59 Å². The Morgan fingerprint density at radius 2 is 1.85 bits per heavy atom. The Labute approximate surface area is 282 Å². The van der Waals surface area contributed by atoms with Crippen LogP contribution in [0.4, 0.5) is 4.79 Å². The third kappa shape index (κ3) is 7.28. The maximum absolute atomic E-state index is 14.2. The summed E-state index contributed by atoms with van der Waals surface area (Å²) in [6.07, 6.45) is 6.94. The van der Waals surface area contributed by atoms with Crippen LogP contribution in [0.2, 0.25) is 0 Å². The fraction of sp³-hybridized carbons (Fsp3) is 0.500. The molecule has 6 rings (SSSR count). The second-order valence-electron chi connectivity index (χ2n) is 13.8. The van der Waals surface area contributed by atoms with E-state index in [9.17, 15) is 24.3 Å². The number of ether oxygens (including phenoxy) is 1. The number of hydrogen-bond acceptors (Lipinski definition) is 9.